The van der Waals surface area contributed by atoms with Crippen molar-refractivity contribution in [3.8, 4) is 0 Å². The number of nitrogens with one attached hydrogen (secondary N) is 1. The van der Waals surface area contributed by atoms with Gasteiger partial charge in [0.25, 0.3) is 0 Å². The van der Waals surface area contributed by atoms with E-state index in [9.17, 15) is 4.79 Å². The normalized spacial score (nSPS) is 28.7. The fraction of sp³-hybridized carbons (Fsp3) is 0.533. The van der Waals surface area contributed by atoms with Crippen LogP contribution in [0.5, 0.6) is 0 Å². The Morgan fingerprint density at radius 3 is 2.78 bits per heavy atom. The fourth-order valence-electron chi connectivity index (χ4n) is 3.06. The lowest BCUT2D eigenvalue weighted by Gasteiger charge is -2.39. The molecule has 2 fully saturated rings. The average Bonchev–Trinajstić information content (AvgIpc) is 2.65. The number of carbonyl (C=O) groups is 1. The summed E-state index contributed by atoms with van der Waals surface area (Å²) in [4.78, 5) is 14.3. The van der Waals surface area contributed by atoms with Crippen molar-refractivity contribution in [2.75, 3.05) is 6.54 Å². The third-order valence-electron chi connectivity index (χ3n) is 4.05. The zero-order chi connectivity index (χ0) is 12.4. The molecule has 0 bridgehead atoms. The Bertz CT molecular complexity index is 418. The SMILES string of the molecule is O=C1CC(c2ccccc2)NC2CCCCCN12. The van der Waals surface area contributed by atoms with Gasteiger partial charge in [0.2, 0.25) is 5.91 Å². The molecule has 2 atom stereocenters. The number of fused-ring (bicyclic) bond motifs is 1. The van der Waals surface area contributed by atoms with Crippen molar-refractivity contribution in [1.29, 1.82) is 0 Å². The van der Waals surface area contributed by atoms with Crippen LogP contribution in [0, 0.1) is 0 Å². The predicted molar refractivity (Wildman–Crippen MR) is 70.9 cm³/mol. The molecule has 2 aliphatic rings. The second-order valence-electron chi connectivity index (χ2n) is 5.29. The molecule has 3 heteroatoms. The summed E-state index contributed by atoms with van der Waals surface area (Å²) in [6.45, 7) is 0.929. The Morgan fingerprint density at radius 2 is 1.94 bits per heavy atom. The quantitative estimate of drug-likeness (QED) is 0.823. The molecule has 0 aromatic heterocycles. The largest absolute Gasteiger partial charge is 0.327 e. The molecule has 0 spiro atoms. The van der Waals surface area contributed by atoms with Crippen molar-refractivity contribution < 1.29 is 4.79 Å². The first-order valence-electron chi connectivity index (χ1n) is 6.95. The third kappa shape index (κ3) is 2.27. The summed E-state index contributed by atoms with van der Waals surface area (Å²) in [7, 11) is 0. The van der Waals surface area contributed by atoms with E-state index in [1.807, 2.05) is 23.1 Å². The summed E-state index contributed by atoms with van der Waals surface area (Å²) in [5.74, 6) is 0.314. The van der Waals surface area contributed by atoms with Crippen LogP contribution < -0.4 is 5.32 Å². The van der Waals surface area contributed by atoms with Gasteiger partial charge in [0.05, 0.1) is 6.17 Å². The molecule has 1 aromatic rings. The van der Waals surface area contributed by atoms with E-state index in [0.717, 1.165) is 19.4 Å². The number of amides is 1. The van der Waals surface area contributed by atoms with Crippen LogP contribution in [0.25, 0.3) is 0 Å². The Labute approximate surface area is 108 Å². The Balaban J connectivity index is 1.79. The van der Waals surface area contributed by atoms with E-state index in [1.165, 1.54) is 18.4 Å². The van der Waals surface area contributed by atoms with Gasteiger partial charge < -0.3 is 4.90 Å². The van der Waals surface area contributed by atoms with E-state index in [-0.39, 0.29) is 12.2 Å². The lowest BCUT2D eigenvalue weighted by molar-refractivity contribution is -0.138. The Morgan fingerprint density at radius 1 is 1.11 bits per heavy atom. The first-order valence-corrected chi connectivity index (χ1v) is 6.95. The summed E-state index contributed by atoms with van der Waals surface area (Å²) in [5.41, 5.74) is 1.23. The van der Waals surface area contributed by atoms with Gasteiger partial charge in [0.15, 0.2) is 0 Å². The highest BCUT2D eigenvalue weighted by Gasteiger charge is 2.33. The molecule has 0 radical (unpaired) electrons. The van der Waals surface area contributed by atoms with Crippen LogP contribution >= 0.6 is 0 Å². The number of rotatable bonds is 1. The molecule has 3 rings (SSSR count). The molecular formula is C15H20N2O. The minimum atomic E-state index is 0.193. The molecule has 2 saturated heterocycles. The lowest BCUT2D eigenvalue weighted by Crippen LogP contribution is -2.54. The summed E-state index contributed by atoms with van der Waals surface area (Å²) < 4.78 is 0. The molecule has 1 aromatic carbocycles. The lowest BCUT2D eigenvalue weighted by atomic mass is 9.99. The van der Waals surface area contributed by atoms with Crippen molar-refractivity contribution in [3.05, 3.63) is 35.9 Å². The summed E-state index contributed by atoms with van der Waals surface area (Å²) in [6, 6.07) is 10.5. The van der Waals surface area contributed by atoms with Gasteiger partial charge in [-0.2, -0.15) is 0 Å². The predicted octanol–water partition coefficient (Wildman–Crippen LogP) is 2.45. The molecule has 2 heterocycles. The average molecular weight is 244 g/mol. The maximum Gasteiger partial charge on any atom is 0.225 e. The number of hydrogen-bond acceptors (Lipinski definition) is 2. The van der Waals surface area contributed by atoms with Crippen molar-refractivity contribution >= 4 is 5.91 Å². The molecule has 1 amide bonds. The van der Waals surface area contributed by atoms with Crippen LogP contribution in [0.4, 0.5) is 0 Å². The highest BCUT2D eigenvalue weighted by atomic mass is 16.2. The summed E-state index contributed by atoms with van der Waals surface area (Å²) in [6.07, 6.45) is 5.56. The smallest absolute Gasteiger partial charge is 0.225 e. The van der Waals surface area contributed by atoms with Gasteiger partial charge in [-0.25, -0.2) is 0 Å². The monoisotopic (exact) mass is 244 g/mol. The van der Waals surface area contributed by atoms with E-state index < -0.39 is 0 Å². The van der Waals surface area contributed by atoms with Crippen molar-refractivity contribution in [2.45, 2.75) is 44.3 Å². The Kier molecular flexibility index (Phi) is 3.33. The van der Waals surface area contributed by atoms with Crippen LogP contribution in [0.15, 0.2) is 30.3 Å². The topological polar surface area (TPSA) is 32.3 Å². The molecule has 0 saturated carbocycles. The number of benzene rings is 1. The number of hydrogen-bond donors (Lipinski definition) is 1. The second kappa shape index (κ2) is 5.11. The zero-order valence-electron chi connectivity index (χ0n) is 10.6. The van der Waals surface area contributed by atoms with E-state index in [1.54, 1.807) is 0 Å². The maximum atomic E-state index is 12.3. The molecule has 2 unspecified atom stereocenters. The van der Waals surface area contributed by atoms with Gasteiger partial charge in [-0.1, -0.05) is 36.8 Å². The van der Waals surface area contributed by atoms with E-state index >= 15 is 0 Å². The second-order valence-corrected chi connectivity index (χ2v) is 5.29. The first-order chi connectivity index (χ1) is 8.84. The highest BCUT2D eigenvalue weighted by molar-refractivity contribution is 5.78. The van der Waals surface area contributed by atoms with Crippen LogP contribution in [0.3, 0.4) is 0 Å². The van der Waals surface area contributed by atoms with Gasteiger partial charge in [-0.3, -0.25) is 10.1 Å². The maximum absolute atomic E-state index is 12.3. The van der Waals surface area contributed by atoms with Gasteiger partial charge in [0.1, 0.15) is 0 Å². The molecular weight excluding hydrogens is 224 g/mol. The first kappa shape index (κ1) is 11.7. The minimum absolute atomic E-state index is 0.193. The van der Waals surface area contributed by atoms with E-state index in [4.69, 9.17) is 0 Å². The van der Waals surface area contributed by atoms with E-state index in [0.29, 0.717) is 12.3 Å². The van der Waals surface area contributed by atoms with Crippen molar-refractivity contribution in [1.82, 2.24) is 10.2 Å². The minimum Gasteiger partial charge on any atom is -0.327 e. The van der Waals surface area contributed by atoms with Crippen LogP contribution in [-0.2, 0) is 4.79 Å². The fourth-order valence-corrected chi connectivity index (χ4v) is 3.06. The van der Waals surface area contributed by atoms with E-state index in [2.05, 4.69) is 17.4 Å². The molecule has 0 aliphatic carbocycles. The number of nitrogens with zero attached hydrogens (tertiary/aromatic N) is 1. The zero-order valence-corrected chi connectivity index (χ0v) is 10.6. The third-order valence-corrected chi connectivity index (χ3v) is 4.05. The standard InChI is InChI=1S/C15H20N2O/c18-15-11-13(12-7-3-1-4-8-12)16-14-9-5-2-6-10-17(14)15/h1,3-4,7-8,13-14,16H,2,5-6,9-11H2. The van der Waals surface area contributed by atoms with Crippen molar-refractivity contribution in [3.63, 3.8) is 0 Å². The molecule has 3 nitrogen and oxygen atoms in total. The van der Waals surface area contributed by atoms with Crippen LogP contribution in [0.1, 0.15) is 43.7 Å². The van der Waals surface area contributed by atoms with Gasteiger partial charge in [0, 0.05) is 19.0 Å². The van der Waals surface area contributed by atoms with Crippen molar-refractivity contribution in [2.24, 2.45) is 0 Å². The molecule has 1 N–H and O–H groups in total. The molecule has 18 heavy (non-hydrogen) atoms. The summed E-state index contributed by atoms with van der Waals surface area (Å²) >= 11 is 0. The van der Waals surface area contributed by atoms with Crippen LogP contribution in [-0.4, -0.2) is 23.5 Å². The molecule has 2 aliphatic heterocycles. The molecule has 96 valence electrons. The van der Waals surface area contributed by atoms with Crippen LogP contribution in [0.2, 0.25) is 0 Å². The highest BCUT2D eigenvalue weighted by Crippen LogP contribution is 2.27. The van der Waals surface area contributed by atoms with Gasteiger partial charge in [-0.15, -0.1) is 0 Å². The van der Waals surface area contributed by atoms with Gasteiger partial charge in [-0.05, 0) is 24.8 Å². The number of carbonyl (C=O) groups excluding carboxylic acids is 1. The Hall–Kier alpha value is -1.35. The summed E-state index contributed by atoms with van der Waals surface area (Å²) in [5, 5.41) is 3.65. The van der Waals surface area contributed by atoms with Gasteiger partial charge >= 0.3 is 0 Å².